The lowest BCUT2D eigenvalue weighted by Crippen LogP contribution is -2.11. The van der Waals surface area contributed by atoms with Crippen molar-refractivity contribution in [3.63, 3.8) is 0 Å². The van der Waals surface area contributed by atoms with Gasteiger partial charge in [-0.25, -0.2) is 4.79 Å². The zero-order chi connectivity index (χ0) is 20.4. The molecule has 28 heavy (non-hydrogen) atoms. The summed E-state index contributed by atoms with van der Waals surface area (Å²) >= 11 is 4.64. The molecule has 0 unspecified atom stereocenters. The Hall–Kier alpha value is -2.96. The Balaban J connectivity index is 2.13. The first kappa shape index (κ1) is 19.8. The van der Waals surface area contributed by atoms with E-state index < -0.39 is 10.9 Å². The second-order valence-corrected chi connectivity index (χ2v) is 7.42. The number of benzene rings is 1. The molecule has 9 heteroatoms. The Labute approximate surface area is 173 Å². The minimum Gasteiger partial charge on any atom is -0.461 e. The second-order valence-electron chi connectivity index (χ2n) is 5.75. The van der Waals surface area contributed by atoms with E-state index in [-0.39, 0.29) is 18.0 Å². The number of nitriles is 1. The number of ether oxygens (including phenoxy) is 1. The highest BCUT2D eigenvalue weighted by Gasteiger charge is 2.27. The number of hydrogen-bond acceptors (Lipinski definition) is 6. The van der Waals surface area contributed by atoms with Crippen molar-refractivity contribution in [3.8, 4) is 27.6 Å². The van der Waals surface area contributed by atoms with Gasteiger partial charge in [-0.15, -0.1) is 11.3 Å². The standard InChI is InChI=1S/C19H14BrN3O4S/c1-3-27-19(24)16-15(13(10-21)18(20)22(16)2)11-4-6-12(7-5-11)17-14(23(25)26)8-9-28-17/h4-9H,3H2,1-2H3. The number of esters is 1. The normalized spacial score (nSPS) is 10.5. The van der Waals surface area contributed by atoms with Gasteiger partial charge in [-0.3, -0.25) is 10.1 Å². The van der Waals surface area contributed by atoms with Crippen molar-refractivity contribution < 1.29 is 14.5 Å². The maximum absolute atomic E-state index is 12.5. The maximum Gasteiger partial charge on any atom is 0.355 e. The molecule has 3 rings (SSSR count). The van der Waals surface area contributed by atoms with Crippen molar-refractivity contribution >= 4 is 38.9 Å². The average Bonchev–Trinajstić information content (AvgIpc) is 3.26. The van der Waals surface area contributed by atoms with E-state index in [1.54, 1.807) is 48.2 Å². The number of nitrogens with zero attached hydrogens (tertiary/aromatic N) is 3. The van der Waals surface area contributed by atoms with Crippen LogP contribution in [-0.4, -0.2) is 22.1 Å². The van der Waals surface area contributed by atoms with E-state index in [1.165, 1.54) is 17.4 Å². The van der Waals surface area contributed by atoms with Crippen molar-refractivity contribution in [1.29, 1.82) is 5.26 Å². The summed E-state index contributed by atoms with van der Waals surface area (Å²) in [6.07, 6.45) is 0. The van der Waals surface area contributed by atoms with Crippen LogP contribution in [0.15, 0.2) is 40.3 Å². The first-order valence-electron chi connectivity index (χ1n) is 8.18. The zero-order valence-electron chi connectivity index (χ0n) is 14.9. The van der Waals surface area contributed by atoms with Crippen molar-refractivity contribution in [2.45, 2.75) is 6.92 Å². The number of nitro groups is 1. The zero-order valence-corrected chi connectivity index (χ0v) is 17.3. The largest absolute Gasteiger partial charge is 0.461 e. The monoisotopic (exact) mass is 459 g/mol. The highest BCUT2D eigenvalue weighted by molar-refractivity contribution is 9.10. The Morgan fingerprint density at radius 1 is 1.32 bits per heavy atom. The Morgan fingerprint density at radius 3 is 2.54 bits per heavy atom. The minimum atomic E-state index is -0.528. The van der Waals surface area contributed by atoms with Gasteiger partial charge < -0.3 is 9.30 Å². The molecular formula is C19H14BrN3O4S. The smallest absolute Gasteiger partial charge is 0.355 e. The third-order valence-corrected chi connectivity index (χ3v) is 6.06. The van der Waals surface area contributed by atoms with Crippen molar-refractivity contribution in [2.24, 2.45) is 7.05 Å². The van der Waals surface area contributed by atoms with Crippen LogP contribution < -0.4 is 0 Å². The Kier molecular flexibility index (Phi) is 5.63. The van der Waals surface area contributed by atoms with Gasteiger partial charge in [-0.05, 0) is 39.4 Å². The summed E-state index contributed by atoms with van der Waals surface area (Å²) in [7, 11) is 1.67. The van der Waals surface area contributed by atoms with Crippen LogP contribution in [0.4, 0.5) is 5.69 Å². The molecule has 0 aliphatic heterocycles. The number of rotatable bonds is 5. The topological polar surface area (TPSA) is 98.2 Å². The maximum atomic E-state index is 12.5. The van der Waals surface area contributed by atoms with Gasteiger partial charge in [-0.1, -0.05) is 24.3 Å². The van der Waals surface area contributed by atoms with Crippen molar-refractivity contribution in [1.82, 2.24) is 4.57 Å². The summed E-state index contributed by atoms with van der Waals surface area (Å²) in [6, 6.07) is 10.6. The van der Waals surface area contributed by atoms with Crippen LogP contribution in [-0.2, 0) is 11.8 Å². The molecule has 1 aromatic carbocycles. The molecule has 7 nitrogen and oxygen atoms in total. The van der Waals surface area contributed by atoms with Gasteiger partial charge in [0.2, 0.25) is 0 Å². The summed E-state index contributed by atoms with van der Waals surface area (Å²) < 4.78 is 7.20. The summed E-state index contributed by atoms with van der Waals surface area (Å²) in [5.41, 5.74) is 2.42. The van der Waals surface area contributed by atoms with E-state index in [9.17, 15) is 20.2 Å². The van der Waals surface area contributed by atoms with E-state index in [4.69, 9.17) is 4.74 Å². The highest BCUT2D eigenvalue weighted by atomic mass is 79.9. The average molecular weight is 460 g/mol. The summed E-state index contributed by atoms with van der Waals surface area (Å²) in [6.45, 7) is 1.92. The summed E-state index contributed by atoms with van der Waals surface area (Å²) in [5, 5.41) is 22.4. The lowest BCUT2D eigenvalue weighted by atomic mass is 10.00. The predicted molar refractivity (Wildman–Crippen MR) is 109 cm³/mol. The van der Waals surface area contributed by atoms with Gasteiger partial charge >= 0.3 is 5.97 Å². The quantitative estimate of drug-likeness (QED) is 0.298. The number of carbonyl (C=O) groups excluding carboxylic acids is 1. The Morgan fingerprint density at radius 2 is 1.96 bits per heavy atom. The van der Waals surface area contributed by atoms with E-state index in [0.717, 1.165) is 0 Å². The van der Waals surface area contributed by atoms with Crippen LogP contribution in [0.2, 0.25) is 0 Å². The number of carbonyl (C=O) groups is 1. The van der Waals surface area contributed by atoms with E-state index in [1.807, 2.05) is 0 Å². The number of halogens is 1. The predicted octanol–water partition coefficient (Wildman–Crippen LogP) is 5.14. The first-order valence-corrected chi connectivity index (χ1v) is 9.86. The minimum absolute atomic E-state index is 0.0464. The van der Waals surface area contributed by atoms with Gasteiger partial charge in [0, 0.05) is 18.7 Å². The molecule has 3 aromatic rings. The molecule has 0 saturated heterocycles. The molecule has 0 aliphatic carbocycles. The lowest BCUT2D eigenvalue weighted by molar-refractivity contribution is -0.383. The van der Waals surface area contributed by atoms with Crippen LogP contribution in [0.5, 0.6) is 0 Å². The SMILES string of the molecule is CCOC(=O)c1c(-c2ccc(-c3sccc3[N+](=O)[O-])cc2)c(C#N)c(Br)n1C. The molecular weight excluding hydrogens is 446 g/mol. The van der Waals surface area contributed by atoms with E-state index in [0.29, 0.717) is 31.7 Å². The number of thiophene rings is 1. The van der Waals surface area contributed by atoms with E-state index in [2.05, 4.69) is 22.0 Å². The molecule has 0 fully saturated rings. The number of hydrogen-bond donors (Lipinski definition) is 0. The molecule has 0 radical (unpaired) electrons. The van der Waals surface area contributed by atoms with Gasteiger partial charge in [-0.2, -0.15) is 5.26 Å². The molecule has 2 aromatic heterocycles. The molecule has 2 heterocycles. The summed E-state index contributed by atoms with van der Waals surface area (Å²) in [4.78, 5) is 23.8. The number of aromatic nitrogens is 1. The van der Waals surface area contributed by atoms with Crippen LogP contribution in [0.25, 0.3) is 21.6 Å². The highest BCUT2D eigenvalue weighted by Crippen LogP contribution is 2.39. The van der Waals surface area contributed by atoms with Gasteiger partial charge in [0.25, 0.3) is 5.69 Å². The molecule has 0 amide bonds. The third kappa shape index (κ3) is 3.32. The van der Waals surface area contributed by atoms with Crippen LogP contribution in [0.3, 0.4) is 0 Å². The van der Waals surface area contributed by atoms with Gasteiger partial charge in [0.15, 0.2) is 0 Å². The third-order valence-electron chi connectivity index (χ3n) is 4.18. The van der Waals surface area contributed by atoms with E-state index >= 15 is 0 Å². The van der Waals surface area contributed by atoms with Crippen LogP contribution >= 0.6 is 27.3 Å². The van der Waals surface area contributed by atoms with Gasteiger partial charge in [0.1, 0.15) is 21.2 Å². The van der Waals surface area contributed by atoms with Crippen molar-refractivity contribution in [2.75, 3.05) is 6.61 Å². The second kappa shape index (κ2) is 7.96. The fourth-order valence-corrected chi connectivity index (χ4v) is 4.26. The molecule has 0 saturated carbocycles. The summed E-state index contributed by atoms with van der Waals surface area (Å²) in [5.74, 6) is -0.528. The molecule has 0 bridgehead atoms. The van der Waals surface area contributed by atoms with Crippen molar-refractivity contribution in [3.05, 3.63) is 61.7 Å². The lowest BCUT2D eigenvalue weighted by Gasteiger charge is -2.08. The molecule has 0 N–H and O–H groups in total. The van der Waals surface area contributed by atoms with Crippen LogP contribution in [0, 0.1) is 21.4 Å². The fourth-order valence-electron chi connectivity index (χ4n) is 2.93. The van der Waals surface area contributed by atoms with Crippen LogP contribution in [0.1, 0.15) is 23.0 Å². The Bertz CT molecular complexity index is 1110. The first-order chi connectivity index (χ1) is 13.4. The fraction of sp³-hybridized carbons (Fsp3) is 0.158. The molecule has 142 valence electrons. The molecule has 0 atom stereocenters. The molecule has 0 spiro atoms. The molecule has 0 aliphatic rings. The van der Waals surface area contributed by atoms with Gasteiger partial charge in [0.05, 0.1) is 17.1 Å².